The van der Waals surface area contributed by atoms with Gasteiger partial charge in [0.1, 0.15) is 0 Å². The zero-order valence-electron chi connectivity index (χ0n) is 10.0. The fourth-order valence-corrected chi connectivity index (χ4v) is 2.29. The van der Waals surface area contributed by atoms with Crippen LogP contribution in [0.3, 0.4) is 0 Å². The van der Waals surface area contributed by atoms with Crippen LogP contribution < -0.4 is 16.2 Å². The zero-order chi connectivity index (χ0) is 13.1. The third kappa shape index (κ3) is 2.54. The molecule has 2 aromatic heterocycles. The Hall–Kier alpha value is -1.80. The first kappa shape index (κ1) is 12.7. The highest BCUT2D eigenvalue weighted by atomic mass is 32.1. The number of nitrogens with zero attached hydrogens (tertiary/aromatic N) is 4. The molecule has 8 heteroatoms. The van der Waals surface area contributed by atoms with Crippen molar-refractivity contribution in [2.45, 2.75) is 13.5 Å². The van der Waals surface area contributed by atoms with Gasteiger partial charge in [-0.15, -0.1) is 11.3 Å². The predicted molar refractivity (Wildman–Crippen MR) is 68.8 cm³/mol. The second kappa shape index (κ2) is 5.23. The summed E-state index contributed by atoms with van der Waals surface area (Å²) in [6.45, 7) is 2.46. The number of aromatic nitrogens is 3. The first-order chi connectivity index (χ1) is 8.61. The van der Waals surface area contributed by atoms with Crippen LogP contribution in [0.25, 0.3) is 0 Å². The Kier molecular flexibility index (Phi) is 3.68. The Morgan fingerprint density at radius 2 is 2.28 bits per heavy atom. The van der Waals surface area contributed by atoms with E-state index in [4.69, 9.17) is 5.84 Å². The number of hydrogen-bond donors (Lipinski definition) is 2. The van der Waals surface area contributed by atoms with Crippen LogP contribution in [-0.4, -0.2) is 22.0 Å². The fraction of sp³-hybridized carbons (Fsp3) is 0.300. The summed E-state index contributed by atoms with van der Waals surface area (Å²) in [5.74, 6) is 5.10. The predicted octanol–water partition coefficient (Wildman–Crippen LogP) is 1.30. The lowest BCUT2D eigenvalue weighted by molar-refractivity contribution is 0.608. The molecule has 0 aliphatic rings. The molecule has 0 aromatic carbocycles. The maximum absolute atomic E-state index is 13.6. The molecule has 0 saturated carbocycles. The Balaban J connectivity index is 2.23. The molecule has 0 spiro atoms. The van der Waals surface area contributed by atoms with E-state index in [1.165, 1.54) is 11.3 Å². The Labute approximate surface area is 108 Å². The van der Waals surface area contributed by atoms with Gasteiger partial charge in [-0.1, -0.05) is 0 Å². The van der Waals surface area contributed by atoms with Gasteiger partial charge in [-0.2, -0.15) is 4.98 Å². The summed E-state index contributed by atoms with van der Waals surface area (Å²) >= 11 is 1.53. The molecule has 0 aliphatic carbocycles. The molecule has 0 bridgehead atoms. The monoisotopic (exact) mass is 268 g/mol. The highest BCUT2D eigenvalue weighted by Gasteiger charge is 2.13. The lowest BCUT2D eigenvalue weighted by Crippen LogP contribution is -2.21. The summed E-state index contributed by atoms with van der Waals surface area (Å²) in [7, 11) is 1.75. The first-order valence-electron chi connectivity index (χ1n) is 5.21. The van der Waals surface area contributed by atoms with Crippen LogP contribution in [0.1, 0.15) is 10.6 Å². The van der Waals surface area contributed by atoms with E-state index in [-0.39, 0.29) is 11.8 Å². The normalized spacial score (nSPS) is 10.4. The lowest BCUT2D eigenvalue weighted by atomic mass is 10.3. The van der Waals surface area contributed by atoms with Gasteiger partial charge in [0, 0.05) is 11.9 Å². The van der Waals surface area contributed by atoms with Crippen molar-refractivity contribution in [2.75, 3.05) is 17.4 Å². The van der Waals surface area contributed by atoms with E-state index in [1.807, 2.05) is 6.92 Å². The van der Waals surface area contributed by atoms with Crippen LogP contribution >= 0.6 is 11.3 Å². The van der Waals surface area contributed by atoms with Crippen molar-refractivity contribution >= 4 is 23.1 Å². The van der Waals surface area contributed by atoms with E-state index < -0.39 is 5.82 Å². The smallest absolute Gasteiger partial charge is 0.239 e. The zero-order valence-corrected chi connectivity index (χ0v) is 10.8. The minimum Gasteiger partial charge on any atom is -0.352 e. The van der Waals surface area contributed by atoms with Gasteiger partial charge in [-0.05, 0) is 6.92 Å². The summed E-state index contributed by atoms with van der Waals surface area (Å²) < 4.78 is 13.6. The van der Waals surface area contributed by atoms with Crippen LogP contribution in [0.5, 0.6) is 0 Å². The Morgan fingerprint density at radius 3 is 2.89 bits per heavy atom. The number of halogens is 1. The number of rotatable bonds is 4. The molecule has 3 N–H and O–H groups in total. The largest absolute Gasteiger partial charge is 0.352 e. The number of nitrogens with one attached hydrogen (secondary N) is 1. The lowest BCUT2D eigenvalue weighted by Gasteiger charge is -2.18. The molecule has 18 heavy (non-hydrogen) atoms. The summed E-state index contributed by atoms with van der Waals surface area (Å²) in [6.07, 6.45) is 1.09. The number of anilines is 2. The molecule has 0 atom stereocenters. The fourth-order valence-electron chi connectivity index (χ4n) is 1.46. The Bertz CT molecular complexity index is 543. The topological polar surface area (TPSA) is 80.0 Å². The van der Waals surface area contributed by atoms with Crippen molar-refractivity contribution in [1.82, 2.24) is 15.0 Å². The minimum absolute atomic E-state index is 0.180. The van der Waals surface area contributed by atoms with E-state index in [2.05, 4.69) is 20.4 Å². The van der Waals surface area contributed by atoms with Gasteiger partial charge in [-0.3, -0.25) is 5.43 Å². The number of nitrogen functional groups attached to an aromatic ring is 1. The van der Waals surface area contributed by atoms with E-state index in [0.29, 0.717) is 6.54 Å². The molecule has 2 heterocycles. The van der Waals surface area contributed by atoms with E-state index in [0.717, 1.165) is 16.8 Å². The van der Waals surface area contributed by atoms with Crippen molar-refractivity contribution < 1.29 is 4.39 Å². The third-order valence-electron chi connectivity index (χ3n) is 2.44. The van der Waals surface area contributed by atoms with E-state index >= 15 is 0 Å². The van der Waals surface area contributed by atoms with Gasteiger partial charge in [0.2, 0.25) is 5.95 Å². The van der Waals surface area contributed by atoms with Gasteiger partial charge >= 0.3 is 0 Å². The van der Waals surface area contributed by atoms with Crippen LogP contribution in [0.4, 0.5) is 16.2 Å². The number of aryl methyl sites for hydroxylation is 1. The molecule has 2 rings (SSSR count). The highest BCUT2D eigenvalue weighted by molar-refractivity contribution is 7.09. The van der Waals surface area contributed by atoms with Gasteiger partial charge < -0.3 is 4.90 Å². The standard InChI is InChI=1S/C10H13FN6S/c1-6-8(18-5-14-6)4-17(2)9-7(11)3-13-10(15-9)16-12/h3,5H,4,12H2,1-2H3,(H,13,15,16). The summed E-state index contributed by atoms with van der Waals surface area (Å²) in [4.78, 5) is 14.6. The molecule has 0 amide bonds. The van der Waals surface area contributed by atoms with Crippen molar-refractivity contribution in [3.05, 3.63) is 28.1 Å². The molecule has 0 fully saturated rings. The summed E-state index contributed by atoms with van der Waals surface area (Å²) in [5.41, 5.74) is 5.00. The molecule has 96 valence electrons. The van der Waals surface area contributed by atoms with Crippen LogP contribution in [0.2, 0.25) is 0 Å². The van der Waals surface area contributed by atoms with Crippen molar-refractivity contribution in [1.29, 1.82) is 0 Å². The van der Waals surface area contributed by atoms with E-state index in [9.17, 15) is 4.39 Å². The average molecular weight is 268 g/mol. The maximum atomic E-state index is 13.6. The number of hydrogen-bond acceptors (Lipinski definition) is 7. The van der Waals surface area contributed by atoms with E-state index in [1.54, 1.807) is 17.5 Å². The molecule has 6 nitrogen and oxygen atoms in total. The van der Waals surface area contributed by atoms with Crippen LogP contribution in [-0.2, 0) is 6.54 Å². The average Bonchev–Trinajstić information content (AvgIpc) is 2.75. The molecule has 2 aromatic rings. The molecule has 0 saturated heterocycles. The van der Waals surface area contributed by atoms with Gasteiger partial charge in [0.15, 0.2) is 11.6 Å². The van der Waals surface area contributed by atoms with Crippen LogP contribution in [0.15, 0.2) is 11.7 Å². The number of thiazole rings is 1. The maximum Gasteiger partial charge on any atom is 0.239 e. The van der Waals surface area contributed by atoms with Gasteiger partial charge in [-0.25, -0.2) is 20.2 Å². The molecule has 0 unspecified atom stereocenters. The Morgan fingerprint density at radius 1 is 1.50 bits per heavy atom. The number of nitrogens with two attached hydrogens (primary N) is 1. The SMILES string of the molecule is Cc1ncsc1CN(C)c1nc(NN)ncc1F. The van der Waals surface area contributed by atoms with Crippen LogP contribution in [0, 0.1) is 12.7 Å². The summed E-state index contributed by atoms with van der Waals surface area (Å²) in [5, 5.41) is 0. The van der Waals surface area contributed by atoms with Crippen molar-refractivity contribution in [2.24, 2.45) is 5.84 Å². The third-order valence-corrected chi connectivity index (χ3v) is 3.36. The molecule has 0 aliphatic heterocycles. The van der Waals surface area contributed by atoms with Crippen molar-refractivity contribution in [3.8, 4) is 0 Å². The highest BCUT2D eigenvalue weighted by Crippen LogP contribution is 2.20. The molecular weight excluding hydrogens is 255 g/mol. The summed E-state index contributed by atoms with van der Waals surface area (Å²) in [6, 6.07) is 0. The molecule has 0 radical (unpaired) electrons. The molecular formula is C10H13FN6S. The second-order valence-electron chi connectivity index (χ2n) is 3.73. The minimum atomic E-state index is -0.487. The number of hydrazine groups is 1. The van der Waals surface area contributed by atoms with Gasteiger partial charge in [0.05, 0.1) is 23.9 Å². The van der Waals surface area contributed by atoms with Crippen molar-refractivity contribution in [3.63, 3.8) is 0 Å². The second-order valence-corrected chi connectivity index (χ2v) is 4.67. The first-order valence-corrected chi connectivity index (χ1v) is 6.09. The quantitative estimate of drug-likeness (QED) is 0.642. The van der Waals surface area contributed by atoms with Gasteiger partial charge in [0.25, 0.3) is 0 Å².